The summed E-state index contributed by atoms with van der Waals surface area (Å²) < 4.78 is 48.1. The Hall–Kier alpha value is -3.07. The predicted octanol–water partition coefficient (Wildman–Crippen LogP) is 2.71. The Morgan fingerprint density at radius 1 is 0.903 bits per heavy atom. The quantitative estimate of drug-likeness (QED) is 0.634. The topological polar surface area (TPSA) is 60.5 Å². The summed E-state index contributed by atoms with van der Waals surface area (Å²) in [6.07, 6.45) is 0. The average Bonchev–Trinajstić information content (AvgIpc) is 2.78. The molecule has 2 aromatic carbocycles. The van der Waals surface area contributed by atoms with E-state index in [-0.39, 0.29) is 18.3 Å². The highest BCUT2D eigenvalue weighted by Crippen LogP contribution is 2.40. The van der Waals surface area contributed by atoms with Gasteiger partial charge in [0.1, 0.15) is 5.82 Å². The summed E-state index contributed by atoms with van der Waals surface area (Å²) in [5, 5.41) is 0. The number of ether oxygens (including phenoxy) is 4. The van der Waals surface area contributed by atoms with Crippen LogP contribution in [0.1, 0.15) is 5.56 Å². The Labute approximate surface area is 180 Å². The highest BCUT2D eigenvalue weighted by Gasteiger charge is 2.24. The van der Waals surface area contributed by atoms with Gasteiger partial charge in [0.2, 0.25) is 5.75 Å². The number of hydrogen-bond acceptors (Lipinski definition) is 6. The summed E-state index contributed by atoms with van der Waals surface area (Å²) in [6.45, 7) is 2.69. The number of hydrogen-bond donors (Lipinski definition) is 0. The van der Waals surface area contributed by atoms with E-state index in [0.29, 0.717) is 50.0 Å². The van der Waals surface area contributed by atoms with E-state index in [1.807, 2.05) is 12.1 Å². The van der Waals surface area contributed by atoms with Crippen LogP contribution < -0.4 is 18.9 Å². The van der Waals surface area contributed by atoms with Gasteiger partial charge in [-0.05, 0) is 18.2 Å². The second-order valence-corrected chi connectivity index (χ2v) is 7.01. The lowest BCUT2D eigenvalue weighted by atomic mass is 10.1. The molecule has 0 atom stereocenters. The molecule has 0 radical (unpaired) electrons. The Morgan fingerprint density at radius 2 is 1.58 bits per heavy atom. The Balaban J connectivity index is 1.54. The van der Waals surface area contributed by atoms with E-state index < -0.39 is 11.6 Å². The number of carbonyl (C=O) groups excluding carboxylic acids is 1. The van der Waals surface area contributed by atoms with Crippen LogP contribution in [0.3, 0.4) is 0 Å². The van der Waals surface area contributed by atoms with Crippen LogP contribution in [0.5, 0.6) is 23.0 Å². The van der Waals surface area contributed by atoms with Gasteiger partial charge in [-0.3, -0.25) is 9.69 Å². The Morgan fingerprint density at radius 3 is 2.19 bits per heavy atom. The van der Waals surface area contributed by atoms with Gasteiger partial charge in [-0.1, -0.05) is 6.07 Å². The number of piperazine rings is 1. The van der Waals surface area contributed by atoms with Gasteiger partial charge in [0.25, 0.3) is 5.91 Å². The molecule has 168 valence electrons. The smallest absolute Gasteiger partial charge is 0.260 e. The second kappa shape index (κ2) is 10.3. The van der Waals surface area contributed by atoms with Gasteiger partial charge in [-0.25, -0.2) is 8.78 Å². The molecule has 1 aliphatic rings. The third kappa shape index (κ3) is 5.35. The first kappa shape index (κ1) is 22.6. The van der Waals surface area contributed by atoms with Gasteiger partial charge in [-0.2, -0.15) is 0 Å². The van der Waals surface area contributed by atoms with Gasteiger partial charge in [0.15, 0.2) is 29.7 Å². The minimum Gasteiger partial charge on any atom is -0.493 e. The normalized spacial score (nSPS) is 14.3. The van der Waals surface area contributed by atoms with Crippen molar-refractivity contribution in [3.8, 4) is 23.0 Å². The first-order chi connectivity index (χ1) is 15.0. The van der Waals surface area contributed by atoms with Gasteiger partial charge in [0.05, 0.1) is 21.3 Å². The van der Waals surface area contributed by atoms with Crippen molar-refractivity contribution < 1.29 is 32.5 Å². The fraction of sp³-hybridized carbons (Fsp3) is 0.409. The molecule has 0 bridgehead atoms. The number of rotatable bonds is 8. The molecule has 1 saturated heterocycles. The van der Waals surface area contributed by atoms with Crippen LogP contribution in [-0.4, -0.2) is 69.8 Å². The number of benzene rings is 2. The van der Waals surface area contributed by atoms with Crippen molar-refractivity contribution >= 4 is 5.91 Å². The van der Waals surface area contributed by atoms with Gasteiger partial charge in [-0.15, -0.1) is 0 Å². The van der Waals surface area contributed by atoms with Crippen LogP contribution in [0.25, 0.3) is 0 Å². The maximum Gasteiger partial charge on any atom is 0.260 e. The Bertz CT molecular complexity index is 917. The third-order valence-corrected chi connectivity index (χ3v) is 5.15. The van der Waals surface area contributed by atoms with Gasteiger partial charge >= 0.3 is 0 Å². The second-order valence-electron chi connectivity index (χ2n) is 7.01. The maximum absolute atomic E-state index is 13.6. The van der Waals surface area contributed by atoms with E-state index in [9.17, 15) is 13.6 Å². The maximum atomic E-state index is 13.6. The summed E-state index contributed by atoms with van der Waals surface area (Å²) in [7, 11) is 4.72. The molecule has 0 N–H and O–H groups in total. The van der Waals surface area contributed by atoms with Crippen molar-refractivity contribution in [2.24, 2.45) is 0 Å². The molecule has 2 aromatic rings. The molecule has 0 spiro atoms. The molecule has 0 saturated carbocycles. The van der Waals surface area contributed by atoms with Crippen molar-refractivity contribution in [1.82, 2.24) is 9.80 Å². The van der Waals surface area contributed by atoms with Crippen LogP contribution >= 0.6 is 0 Å². The van der Waals surface area contributed by atoms with Crippen LogP contribution in [0.4, 0.5) is 8.78 Å². The minimum absolute atomic E-state index is 0.145. The van der Waals surface area contributed by atoms with Crippen LogP contribution in [-0.2, 0) is 11.3 Å². The first-order valence-corrected chi connectivity index (χ1v) is 9.82. The number of nitrogens with zero attached hydrogens (tertiary/aromatic N) is 2. The number of carbonyl (C=O) groups is 1. The molecule has 31 heavy (non-hydrogen) atoms. The van der Waals surface area contributed by atoms with Crippen molar-refractivity contribution in [3.63, 3.8) is 0 Å². The molecule has 9 heteroatoms. The van der Waals surface area contributed by atoms with Gasteiger partial charge in [0, 0.05) is 44.4 Å². The number of halogens is 2. The fourth-order valence-electron chi connectivity index (χ4n) is 3.51. The minimum atomic E-state index is -0.832. The summed E-state index contributed by atoms with van der Waals surface area (Å²) in [5.41, 5.74) is 0.954. The SMILES string of the molecule is COc1ccc(CN2CCN(C(=O)COc3ccc(F)cc3F)CC2)c(OC)c1OC. The molecule has 0 unspecified atom stereocenters. The molecule has 1 heterocycles. The molecule has 0 aliphatic carbocycles. The summed E-state index contributed by atoms with van der Waals surface area (Å²) in [5.74, 6) is -0.159. The zero-order chi connectivity index (χ0) is 22.4. The first-order valence-electron chi connectivity index (χ1n) is 9.82. The van der Waals surface area contributed by atoms with E-state index in [2.05, 4.69) is 4.90 Å². The molecular weight excluding hydrogens is 410 g/mol. The number of amides is 1. The highest BCUT2D eigenvalue weighted by atomic mass is 19.1. The molecule has 3 rings (SSSR count). The lowest BCUT2D eigenvalue weighted by Gasteiger charge is -2.35. The predicted molar refractivity (Wildman–Crippen MR) is 110 cm³/mol. The lowest BCUT2D eigenvalue weighted by molar-refractivity contribution is -0.135. The highest BCUT2D eigenvalue weighted by molar-refractivity contribution is 5.77. The molecule has 1 fully saturated rings. The molecule has 0 aromatic heterocycles. The van der Waals surface area contributed by atoms with Crippen molar-refractivity contribution in [2.75, 3.05) is 54.1 Å². The van der Waals surface area contributed by atoms with Crippen molar-refractivity contribution in [3.05, 3.63) is 47.5 Å². The van der Waals surface area contributed by atoms with Crippen molar-refractivity contribution in [2.45, 2.75) is 6.54 Å². The largest absolute Gasteiger partial charge is 0.493 e. The summed E-state index contributed by atoms with van der Waals surface area (Å²) >= 11 is 0. The van der Waals surface area contributed by atoms with Crippen LogP contribution in [0.15, 0.2) is 30.3 Å². The van der Waals surface area contributed by atoms with E-state index in [4.69, 9.17) is 18.9 Å². The molecule has 1 aliphatic heterocycles. The Kier molecular flexibility index (Phi) is 7.51. The third-order valence-electron chi connectivity index (χ3n) is 5.15. The average molecular weight is 436 g/mol. The van der Waals surface area contributed by atoms with Crippen molar-refractivity contribution in [1.29, 1.82) is 0 Å². The fourth-order valence-corrected chi connectivity index (χ4v) is 3.51. The standard InChI is InChI=1S/C22H26F2N2O5/c1-28-19-6-4-15(21(29-2)22(19)30-3)13-25-8-10-26(11-9-25)20(27)14-31-18-7-5-16(23)12-17(18)24/h4-7,12H,8-11,13-14H2,1-3H3. The van der Waals surface area contributed by atoms with Crippen LogP contribution in [0, 0.1) is 11.6 Å². The summed E-state index contributed by atoms with van der Waals surface area (Å²) in [6, 6.07) is 6.75. The molecular formula is C22H26F2N2O5. The van der Waals surface area contributed by atoms with E-state index in [0.717, 1.165) is 17.7 Å². The monoisotopic (exact) mass is 436 g/mol. The summed E-state index contributed by atoms with van der Waals surface area (Å²) in [4.78, 5) is 16.3. The van der Waals surface area contributed by atoms with Crippen LogP contribution in [0.2, 0.25) is 0 Å². The zero-order valence-corrected chi connectivity index (χ0v) is 17.8. The van der Waals surface area contributed by atoms with E-state index >= 15 is 0 Å². The lowest BCUT2D eigenvalue weighted by Crippen LogP contribution is -2.49. The van der Waals surface area contributed by atoms with Gasteiger partial charge < -0.3 is 23.8 Å². The molecule has 7 nitrogen and oxygen atoms in total. The zero-order valence-electron chi connectivity index (χ0n) is 17.8. The molecule has 1 amide bonds. The van der Waals surface area contributed by atoms with E-state index in [1.54, 1.807) is 26.2 Å². The van der Waals surface area contributed by atoms with E-state index in [1.165, 1.54) is 6.07 Å². The number of methoxy groups -OCH3 is 3.